The third kappa shape index (κ3) is 6.16. The van der Waals surface area contributed by atoms with E-state index in [4.69, 9.17) is 16.3 Å². The van der Waals surface area contributed by atoms with Gasteiger partial charge in [0.05, 0.1) is 27.3 Å². The number of carbonyl (C=O) groups is 1. The lowest BCUT2D eigenvalue weighted by Gasteiger charge is -2.20. The van der Waals surface area contributed by atoms with Gasteiger partial charge in [-0.1, -0.05) is 11.6 Å². The number of amides is 1. The monoisotopic (exact) mass is 442 g/mol. The molecule has 0 aliphatic heterocycles. The molecule has 0 spiro atoms. The van der Waals surface area contributed by atoms with Crippen LogP contribution in [0.1, 0.15) is 30.6 Å². The Labute approximate surface area is 175 Å². The summed E-state index contributed by atoms with van der Waals surface area (Å²) in [7, 11) is -2.61. The van der Waals surface area contributed by atoms with Crippen LogP contribution in [-0.2, 0) is 14.8 Å². The van der Waals surface area contributed by atoms with E-state index in [1.165, 1.54) is 49.5 Å². The first-order valence-corrected chi connectivity index (χ1v) is 10.9. The van der Waals surface area contributed by atoms with E-state index in [0.717, 1.165) is 4.31 Å². The number of carbonyl (C=O) groups excluding carboxylic acids is 1. The fourth-order valence-electron chi connectivity index (χ4n) is 2.48. The molecule has 0 aliphatic carbocycles. The maximum atomic E-state index is 13.1. The van der Waals surface area contributed by atoms with Gasteiger partial charge >= 0.3 is 0 Å². The van der Waals surface area contributed by atoms with Gasteiger partial charge in [0.2, 0.25) is 0 Å². The van der Waals surface area contributed by atoms with Crippen LogP contribution >= 0.6 is 11.6 Å². The zero-order valence-electron chi connectivity index (χ0n) is 16.5. The molecule has 9 heteroatoms. The van der Waals surface area contributed by atoms with E-state index in [1.54, 1.807) is 0 Å². The van der Waals surface area contributed by atoms with Crippen molar-refractivity contribution in [1.82, 2.24) is 5.32 Å². The largest absolute Gasteiger partial charge is 0.379 e. The Morgan fingerprint density at radius 1 is 1.21 bits per heavy atom. The fraction of sp³-hybridized carbons (Fsp3) is 0.350. The Kier molecular flexibility index (Phi) is 8.01. The molecule has 0 aromatic heterocycles. The summed E-state index contributed by atoms with van der Waals surface area (Å²) in [4.78, 5) is 12.3. The molecule has 0 saturated heterocycles. The minimum atomic E-state index is -3.96. The molecule has 6 nitrogen and oxygen atoms in total. The lowest BCUT2D eigenvalue weighted by Crippen LogP contribution is -2.28. The molecular formula is C20H24ClFN2O4S. The van der Waals surface area contributed by atoms with Crippen molar-refractivity contribution in [3.05, 3.63) is 58.9 Å². The summed E-state index contributed by atoms with van der Waals surface area (Å²) in [6.45, 7) is 4.72. The molecule has 0 radical (unpaired) electrons. The van der Waals surface area contributed by atoms with Crippen LogP contribution in [0.15, 0.2) is 47.4 Å². The van der Waals surface area contributed by atoms with Crippen LogP contribution in [-0.4, -0.2) is 40.6 Å². The van der Waals surface area contributed by atoms with E-state index in [2.05, 4.69) is 5.32 Å². The van der Waals surface area contributed by atoms with Gasteiger partial charge in [-0.05, 0) is 62.7 Å². The van der Waals surface area contributed by atoms with Crippen molar-refractivity contribution in [1.29, 1.82) is 0 Å². The first kappa shape index (κ1) is 23.1. The molecule has 29 heavy (non-hydrogen) atoms. The minimum Gasteiger partial charge on any atom is -0.379 e. The van der Waals surface area contributed by atoms with Gasteiger partial charge in [0, 0.05) is 20.2 Å². The van der Waals surface area contributed by atoms with Crippen molar-refractivity contribution < 1.29 is 22.3 Å². The van der Waals surface area contributed by atoms with E-state index in [-0.39, 0.29) is 27.3 Å². The van der Waals surface area contributed by atoms with Crippen molar-refractivity contribution in [2.75, 3.05) is 24.5 Å². The molecule has 2 aromatic rings. The van der Waals surface area contributed by atoms with E-state index in [9.17, 15) is 17.6 Å². The Morgan fingerprint density at radius 3 is 2.48 bits per heavy atom. The maximum Gasteiger partial charge on any atom is 0.264 e. The van der Waals surface area contributed by atoms with Crippen LogP contribution < -0.4 is 9.62 Å². The third-order valence-electron chi connectivity index (χ3n) is 4.09. The number of nitrogens with zero attached hydrogens (tertiary/aromatic N) is 1. The average molecular weight is 443 g/mol. The molecule has 1 amide bonds. The van der Waals surface area contributed by atoms with E-state index in [1.807, 2.05) is 13.8 Å². The van der Waals surface area contributed by atoms with Crippen LogP contribution in [0, 0.1) is 5.82 Å². The van der Waals surface area contributed by atoms with Crippen LogP contribution in [0.5, 0.6) is 0 Å². The SMILES string of the molecule is CC(C)OCCCNC(=O)c1cc(S(=O)(=O)N(C)c2ccc(F)cc2)ccc1Cl. The lowest BCUT2D eigenvalue weighted by atomic mass is 10.2. The summed E-state index contributed by atoms with van der Waals surface area (Å²) in [5.74, 6) is -0.940. The highest BCUT2D eigenvalue weighted by molar-refractivity contribution is 7.92. The zero-order chi connectivity index (χ0) is 21.6. The molecule has 0 aliphatic rings. The van der Waals surface area contributed by atoms with Crippen LogP contribution in [0.2, 0.25) is 5.02 Å². The Hall–Kier alpha value is -2.16. The summed E-state index contributed by atoms with van der Waals surface area (Å²) in [6.07, 6.45) is 0.729. The summed E-state index contributed by atoms with van der Waals surface area (Å²) in [6, 6.07) is 8.98. The van der Waals surface area contributed by atoms with Crippen LogP contribution in [0.3, 0.4) is 0 Å². The molecule has 0 heterocycles. The highest BCUT2D eigenvalue weighted by atomic mass is 35.5. The Morgan fingerprint density at radius 2 is 1.86 bits per heavy atom. The normalized spacial score (nSPS) is 11.5. The van der Waals surface area contributed by atoms with Crippen molar-refractivity contribution in [2.24, 2.45) is 0 Å². The third-order valence-corrected chi connectivity index (χ3v) is 6.20. The standard InChI is InChI=1S/C20H24ClFN2O4S/c1-14(2)28-12-4-11-23-20(25)18-13-17(9-10-19(18)21)29(26,27)24(3)16-7-5-15(22)6-8-16/h5-10,13-14H,4,11-12H2,1-3H3,(H,23,25). The second-order valence-corrected chi connectivity index (χ2v) is 9.00. The first-order chi connectivity index (χ1) is 13.6. The number of ether oxygens (including phenoxy) is 1. The van der Waals surface area contributed by atoms with Gasteiger partial charge in [-0.3, -0.25) is 9.10 Å². The summed E-state index contributed by atoms with van der Waals surface area (Å²) < 4.78 is 45.3. The van der Waals surface area contributed by atoms with Crippen molar-refractivity contribution in [3.8, 4) is 0 Å². The number of hydrogen-bond donors (Lipinski definition) is 1. The Bertz CT molecular complexity index is 949. The van der Waals surface area contributed by atoms with E-state index < -0.39 is 21.7 Å². The molecule has 1 N–H and O–H groups in total. The van der Waals surface area contributed by atoms with Crippen molar-refractivity contribution in [2.45, 2.75) is 31.3 Å². The Balaban J connectivity index is 2.16. The summed E-state index contributed by atoms with van der Waals surface area (Å²) >= 11 is 6.10. The predicted molar refractivity (Wildman–Crippen MR) is 111 cm³/mol. The van der Waals surface area contributed by atoms with Gasteiger partial charge in [-0.15, -0.1) is 0 Å². The smallest absolute Gasteiger partial charge is 0.264 e. The first-order valence-electron chi connectivity index (χ1n) is 9.06. The zero-order valence-corrected chi connectivity index (χ0v) is 18.1. The number of sulfonamides is 1. The topological polar surface area (TPSA) is 75.7 Å². The minimum absolute atomic E-state index is 0.0602. The molecular weight excluding hydrogens is 419 g/mol. The molecule has 0 saturated carbocycles. The average Bonchev–Trinajstić information content (AvgIpc) is 2.67. The quantitative estimate of drug-likeness (QED) is 0.598. The molecule has 0 unspecified atom stereocenters. The number of benzene rings is 2. The predicted octanol–water partition coefficient (Wildman–Crippen LogP) is 3.85. The summed E-state index contributed by atoms with van der Waals surface area (Å²) in [5, 5.41) is 2.85. The van der Waals surface area contributed by atoms with E-state index in [0.29, 0.717) is 19.6 Å². The molecule has 0 fully saturated rings. The van der Waals surface area contributed by atoms with Gasteiger partial charge in [-0.25, -0.2) is 12.8 Å². The fourth-order valence-corrected chi connectivity index (χ4v) is 3.90. The lowest BCUT2D eigenvalue weighted by molar-refractivity contribution is 0.0757. The van der Waals surface area contributed by atoms with E-state index >= 15 is 0 Å². The van der Waals surface area contributed by atoms with Gasteiger partial charge in [0.25, 0.3) is 15.9 Å². The maximum absolute atomic E-state index is 13.1. The van der Waals surface area contributed by atoms with Crippen LogP contribution in [0.4, 0.5) is 10.1 Å². The van der Waals surface area contributed by atoms with Crippen LogP contribution in [0.25, 0.3) is 0 Å². The summed E-state index contributed by atoms with van der Waals surface area (Å²) in [5.41, 5.74) is 0.350. The second kappa shape index (κ2) is 10.0. The molecule has 0 bridgehead atoms. The van der Waals surface area contributed by atoms with Crippen molar-refractivity contribution in [3.63, 3.8) is 0 Å². The molecule has 158 valence electrons. The highest BCUT2D eigenvalue weighted by Gasteiger charge is 2.23. The van der Waals surface area contributed by atoms with Gasteiger partial charge < -0.3 is 10.1 Å². The van der Waals surface area contributed by atoms with Gasteiger partial charge in [-0.2, -0.15) is 0 Å². The highest BCUT2D eigenvalue weighted by Crippen LogP contribution is 2.26. The number of nitrogens with one attached hydrogen (secondary N) is 1. The number of rotatable bonds is 9. The second-order valence-electron chi connectivity index (χ2n) is 6.62. The van der Waals surface area contributed by atoms with Crippen molar-refractivity contribution >= 4 is 33.2 Å². The van der Waals surface area contributed by atoms with Gasteiger partial charge in [0.1, 0.15) is 5.82 Å². The number of hydrogen-bond acceptors (Lipinski definition) is 4. The molecule has 2 aromatic carbocycles. The number of halogens is 2. The molecule has 2 rings (SSSR count). The van der Waals surface area contributed by atoms with Gasteiger partial charge in [0.15, 0.2) is 0 Å². The molecule has 0 atom stereocenters. The number of anilines is 1.